The van der Waals surface area contributed by atoms with Crippen molar-refractivity contribution >= 4 is 48.1 Å². The Kier molecular flexibility index (Phi) is 18.3. The van der Waals surface area contributed by atoms with Gasteiger partial charge >= 0.3 is 0 Å². The number of hydrogen-bond donors (Lipinski definition) is 0. The molecule has 0 saturated heterocycles. The number of Topliss-reactive ketones (excluding diaryl/α,β-unsaturated/α-hetero) is 2. The lowest BCUT2D eigenvalue weighted by atomic mass is 9.97. The lowest BCUT2D eigenvalue weighted by Gasteiger charge is -2.21. The van der Waals surface area contributed by atoms with Gasteiger partial charge in [0, 0.05) is 46.8 Å². The Balaban J connectivity index is 0. The highest BCUT2D eigenvalue weighted by atomic mass is 35.5. The molecule has 0 aromatic heterocycles. The van der Waals surface area contributed by atoms with Gasteiger partial charge in [0.2, 0.25) is 0 Å². The van der Waals surface area contributed by atoms with Crippen LogP contribution in [-0.2, 0) is 6.42 Å². The van der Waals surface area contributed by atoms with Crippen molar-refractivity contribution in [1.29, 1.82) is 0 Å². The van der Waals surface area contributed by atoms with Gasteiger partial charge in [-0.05, 0) is 68.0 Å². The van der Waals surface area contributed by atoms with E-state index in [4.69, 9.17) is 0 Å². The third kappa shape index (κ3) is 9.45. The van der Waals surface area contributed by atoms with Gasteiger partial charge in [-0.15, -0.1) is 24.8 Å². The Morgan fingerprint density at radius 1 is 0.694 bits per heavy atom. The van der Waals surface area contributed by atoms with Gasteiger partial charge in [0.15, 0.2) is 11.6 Å². The van der Waals surface area contributed by atoms with Crippen molar-refractivity contribution in [3.05, 3.63) is 58.7 Å². The van der Waals surface area contributed by atoms with Gasteiger partial charge in [0.25, 0.3) is 0 Å². The van der Waals surface area contributed by atoms with Crippen molar-refractivity contribution in [1.82, 2.24) is 9.80 Å². The fourth-order valence-electron chi connectivity index (χ4n) is 4.19. The van der Waals surface area contributed by atoms with E-state index in [0.717, 1.165) is 56.8 Å². The maximum atomic E-state index is 12.8. The summed E-state index contributed by atoms with van der Waals surface area (Å²) in [4.78, 5) is 32.5. The standard InChI is InChI=1S/C27H36N2O2S.2ClH.2H2O/c1-5-28(6-2)15-13-24(30)20-9-11-26-22(17-20)19-23-18-21(10-12-27(23)32-26)25(31)14-16-29(7-3)8-4;;;;/h9-12,17-18H,5-8,13-16,19H2,1-4H3;2*1H;2*1H2. The van der Waals surface area contributed by atoms with Crippen LogP contribution >= 0.6 is 36.6 Å². The van der Waals surface area contributed by atoms with E-state index in [2.05, 4.69) is 61.8 Å². The van der Waals surface area contributed by atoms with Crippen LogP contribution in [0, 0.1) is 0 Å². The Hall–Kier alpha value is -1.45. The zero-order valence-electron chi connectivity index (χ0n) is 21.8. The molecule has 36 heavy (non-hydrogen) atoms. The molecule has 0 bridgehead atoms. The first-order chi connectivity index (χ1) is 15.5. The van der Waals surface area contributed by atoms with Crippen LogP contribution < -0.4 is 0 Å². The fraction of sp³-hybridized carbons (Fsp3) is 0.481. The van der Waals surface area contributed by atoms with Crippen molar-refractivity contribution in [2.45, 2.75) is 56.7 Å². The van der Waals surface area contributed by atoms with Crippen LogP contribution in [-0.4, -0.2) is 71.6 Å². The van der Waals surface area contributed by atoms with Gasteiger partial charge < -0.3 is 20.8 Å². The molecule has 4 N–H and O–H groups in total. The smallest absolute Gasteiger partial charge is 0.164 e. The first-order valence-corrected chi connectivity index (χ1v) is 12.7. The van der Waals surface area contributed by atoms with E-state index in [1.165, 1.54) is 20.9 Å². The van der Waals surface area contributed by atoms with Gasteiger partial charge in [-0.25, -0.2) is 0 Å². The van der Waals surface area contributed by atoms with Crippen LogP contribution in [0.4, 0.5) is 0 Å². The largest absolute Gasteiger partial charge is 0.412 e. The molecule has 2 aromatic carbocycles. The second kappa shape index (κ2) is 17.9. The summed E-state index contributed by atoms with van der Waals surface area (Å²) in [5.41, 5.74) is 3.96. The summed E-state index contributed by atoms with van der Waals surface area (Å²) in [5.74, 6) is 0.409. The second-order valence-corrected chi connectivity index (χ2v) is 9.41. The molecule has 2 aromatic rings. The monoisotopic (exact) mass is 560 g/mol. The minimum absolute atomic E-state index is 0. The van der Waals surface area contributed by atoms with Crippen molar-refractivity contribution in [2.24, 2.45) is 0 Å². The highest BCUT2D eigenvalue weighted by Crippen LogP contribution is 2.40. The van der Waals surface area contributed by atoms with E-state index in [1.54, 1.807) is 11.8 Å². The number of carbonyl (C=O) groups is 2. The van der Waals surface area contributed by atoms with E-state index in [0.29, 0.717) is 12.8 Å². The predicted octanol–water partition coefficient (Wildman–Crippen LogP) is 4.77. The van der Waals surface area contributed by atoms with Crippen molar-refractivity contribution in [2.75, 3.05) is 39.3 Å². The summed E-state index contributed by atoms with van der Waals surface area (Å²) >= 11 is 1.74. The molecule has 9 heteroatoms. The molecule has 204 valence electrons. The average Bonchev–Trinajstić information content (AvgIpc) is 2.82. The molecular formula is C27H42Cl2N2O4S. The van der Waals surface area contributed by atoms with E-state index in [-0.39, 0.29) is 47.3 Å². The molecule has 1 aliphatic heterocycles. The van der Waals surface area contributed by atoms with Crippen LogP contribution in [0.1, 0.15) is 72.4 Å². The molecular weight excluding hydrogens is 519 g/mol. The average molecular weight is 562 g/mol. The van der Waals surface area contributed by atoms with E-state index in [1.807, 2.05) is 12.1 Å². The molecule has 3 rings (SSSR count). The number of rotatable bonds is 12. The van der Waals surface area contributed by atoms with Crippen LogP contribution in [0.15, 0.2) is 46.2 Å². The van der Waals surface area contributed by atoms with Gasteiger partial charge in [-0.2, -0.15) is 0 Å². The van der Waals surface area contributed by atoms with Gasteiger partial charge in [0.05, 0.1) is 0 Å². The number of hydrogen-bond acceptors (Lipinski definition) is 5. The van der Waals surface area contributed by atoms with E-state index >= 15 is 0 Å². The topological polar surface area (TPSA) is 104 Å². The van der Waals surface area contributed by atoms with Crippen molar-refractivity contribution in [3.8, 4) is 0 Å². The summed E-state index contributed by atoms with van der Waals surface area (Å²) in [6.07, 6.45) is 1.87. The number of fused-ring (bicyclic) bond motifs is 2. The number of carbonyl (C=O) groups excluding carboxylic acids is 2. The second-order valence-electron chi connectivity index (χ2n) is 8.32. The molecule has 0 atom stereocenters. The fourth-order valence-corrected chi connectivity index (χ4v) is 5.23. The Labute approximate surface area is 232 Å². The van der Waals surface area contributed by atoms with Gasteiger partial charge in [-0.1, -0.05) is 51.6 Å². The van der Waals surface area contributed by atoms with Crippen LogP contribution in [0.2, 0.25) is 0 Å². The Morgan fingerprint density at radius 3 is 1.39 bits per heavy atom. The normalized spacial score (nSPS) is 11.3. The highest BCUT2D eigenvalue weighted by molar-refractivity contribution is 7.99. The third-order valence-electron chi connectivity index (χ3n) is 6.46. The lowest BCUT2D eigenvalue weighted by Crippen LogP contribution is -2.25. The number of nitrogens with zero attached hydrogens (tertiary/aromatic N) is 2. The molecule has 0 fully saturated rings. The minimum atomic E-state index is 0. The Bertz CT molecular complexity index is 891. The maximum Gasteiger partial charge on any atom is 0.164 e. The first kappa shape index (κ1) is 36.7. The SMILES string of the molecule is CCN(CC)CCC(=O)c1ccc2c(c1)Cc1cc(C(=O)CCN(CC)CC)ccc1S2.Cl.Cl.O.O. The zero-order valence-corrected chi connectivity index (χ0v) is 24.2. The molecule has 6 nitrogen and oxygen atoms in total. The third-order valence-corrected chi connectivity index (χ3v) is 7.70. The lowest BCUT2D eigenvalue weighted by molar-refractivity contribution is 0.0958. The maximum absolute atomic E-state index is 12.8. The zero-order chi connectivity index (χ0) is 23.1. The van der Waals surface area contributed by atoms with Gasteiger partial charge in [0.1, 0.15) is 0 Å². The molecule has 1 aliphatic rings. The van der Waals surface area contributed by atoms with Crippen molar-refractivity contribution < 1.29 is 20.5 Å². The van der Waals surface area contributed by atoms with Crippen LogP contribution in [0.25, 0.3) is 0 Å². The minimum Gasteiger partial charge on any atom is -0.412 e. The summed E-state index contributed by atoms with van der Waals surface area (Å²) in [6, 6.07) is 12.2. The molecule has 0 saturated carbocycles. The number of ketones is 2. The van der Waals surface area contributed by atoms with Crippen LogP contribution in [0.3, 0.4) is 0 Å². The molecule has 0 radical (unpaired) electrons. The summed E-state index contributed by atoms with van der Waals surface area (Å²) in [7, 11) is 0. The summed E-state index contributed by atoms with van der Waals surface area (Å²) < 4.78 is 0. The van der Waals surface area contributed by atoms with Crippen molar-refractivity contribution in [3.63, 3.8) is 0 Å². The van der Waals surface area contributed by atoms with E-state index in [9.17, 15) is 9.59 Å². The predicted molar refractivity (Wildman–Crippen MR) is 155 cm³/mol. The molecule has 0 amide bonds. The highest BCUT2D eigenvalue weighted by Gasteiger charge is 2.20. The number of benzene rings is 2. The quantitative estimate of drug-likeness (QED) is 0.297. The summed E-state index contributed by atoms with van der Waals surface area (Å²) in [6.45, 7) is 14.0. The van der Waals surface area contributed by atoms with E-state index < -0.39 is 0 Å². The molecule has 0 unspecified atom stereocenters. The first-order valence-electron chi connectivity index (χ1n) is 11.9. The van der Waals surface area contributed by atoms with Crippen LogP contribution in [0.5, 0.6) is 0 Å². The summed E-state index contributed by atoms with van der Waals surface area (Å²) in [5, 5.41) is 0. The molecule has 1 heterocycles. The molecule has 0 aliphatic carbocycles. The van der Waals surface area contributed by atoms with Gasteiger partial charge in [-0.3, -0.25) is 9.59 Å². The molecule has 0 spiro atoms. The Morgan fingerprint density at radius 2 is 1.06 bits per heavy atom. The number of halogens is 2.